The molecule has 4 nitrogen and oxygen atoms in total. The molecule has 1 aromatic rings. The number of anilines is 2. The first-order chi connectivity index (χ1) is 8.28. The Labute approximate surface area is 147 Å². The SMILES string of the molecule is CC(C[N+](C)(C)C)Nc1ccc(N)cc1.CCO.Cl.Cl.[Cl-]. The molecular formula is C14H30Cl3N3O. The van der Waals surface area contributed by atoms with Crippen LogP contribution < -0.4 is 23.5 Å². The van der Waals surface area contributed by atoms with E-state index in [1.165, 1.54) is 0 Å². The number of quaternary nitrogens is 1. The zero-order chi connectivity index (χ0) is 14.2. The second kappa shape index (κ2) is 14.5. The van der Waals surface area contributed by atoms with E-state index in [9.17, 15) is 0 Å². The summed E-state index contributed by atoms with van der Waals surface area (Å²) < 4.78 is 0.961. The van der Waals surface area contributed by atoms with Gasteiger partial charge in [-0.3, -0.25) is 0 Å². The van der Waals surface area contributed by atoms with Gasteiger partial charge in [0.15, 0.2) is 0 Å². The monoisotopic (exact) mass is 361 g/mol. The number of benzene rings is 1. The van der Waals surface area contributed by atoms with Crippen molar-refractivity contribution in [1.82, 2.24) is 0 Å². The minimum atomic E-state index is 0. The molecule has 0 saturated carbocycles. The summed E-state index contributed by atoms with van der Waals surface area (Å²) in [5.74, 6) is 0. The molecule has 1 unspecified atom stereocenters. The second-order valence-electron chi connectivity index (χ2n) is 5.46. The van der Waals surface area contributed by atoms with Crippen molar-refractivity contribution in [3.8, 4) is 0 Å². The number of hydrogen-bond acceptors (Lipinski definition) is 3. The van der Waals surface area contributed by atoms with Gasteiger partial charge < -0.3 is 33.0 Å². The van der Waals surface area contributed by atoms with Gasteiger partial charge in [-0.25, -0.2) is 0 Å². The molecule has 0 radical (unpaired) electrons. The Morgan fingerprint density at radius 2 is 1.52 bits per heavy atom. The lowest BCUT2D eigenvalue weighted by atomic mass is 10.2. The van der Waals surface area contributed by atoms with Crippen molar-refractivity contribution in [3.63, 3.8) is 0 Å². The van der Waals surface area contributed by atoms with Crippen LogP contribution in [-0.4, -0.2) is 49.9 Å². The summed E-state index contributed by atoms with van der Waals surface area (Å²) in [6, 6.07) is 8.32. The smallest absolute Gasteiger partial charge is 0.0982 e. The summed E-state index contributed by atoms with van der Waals surface area (Å²) in [5, 5.41) is 11.0. The van der Waals surface area contributed by atoms with Gasteiger partial charge in [0.25, 0.3) is 0 Å². The molecule has 0 aromatic heterocycles. The molecule has 0 aliphatic heterocycles. The predicted molar refractivity (Wildman–Crippen MR) is 94.1 cm³/mol. The summed E-state index contributed by atoms with van der Waals surface area (Å²) >= 11 is 0. The van der Waals surface area contributed by atoms with Gasteiger partial charge in [0, 0.05) is 18.0 Å². The fourth-order valence-corrected chi connectivity index (χ4v) is 1.73. The molecule has 0 saturated heterocycles. The molecule has 1 aromatic carbocycles. The van der Waals surface area contributed by atoms with Crippen LogP contribution in [0.1, 0.15) is 13.8 Å². The molecule has 7 heteroatoms. The van der Waals surface area contributed by atoms with E-state index in [0.717, 1.165) is 22.4 Å². The standard InChI is InChI=1S/C12H22N3.C2H6O.3ClH/c1-10(9-15(2,3)4)14-12-7-5-11(13)6-8-12;1-2-3;;;/h5-8,10,14H,9,13H2,1-4H3;3H,2H2,1H3;3*1H/q+1;;;;/p-1. The van der Waals surface area contributed by atoms with Gasteiger partial charge in [0.1, 0.15) is 0 Å². The highest BCUT2D eigenvalue weighted by atomic mass is 35.5. The number of rotatable bonds is 4. The minimum absolute atomic E-state index is 0. The van der Waals surface area contributed by atoms with Crippen molar-refractivity contribution in [1.29, 1.82) is 0 Å². The summed E-state index contributed by atoms with van der Waals surface area (Å²) in [6.07, 6.45) is 0. The third-order valence-corrected chi connectivity index (χ3v) is 2.15. The lowest BCUT2D eigenvalue weighted by Crippen LogP contribution is -3.00. The van der Waals surface area contributed by atoms with E-state index in [0.29, 0.717) is 6.04 Å². The van der Waals surface area contributed by atoms with E-state index in [1.54, 1.807) is 6.92 Å². The van der Waals surface area contributed by atoms with Gasteiger partial charge in [0.05, 0.1) is 33.7 Å². The van der Waals surface area contributed by atoms with Crippen molar-refractivity contribution in [2.45, 2.75) is 19.9 Å². The molecule has 1 rings (SSSR count). The minimum Gasteiger partial charge on any atom is -1.00 e. The number of hydrogen-bond donors (Lipinski definition) is 3. The Morgan fingerprint density at radius 1 is 1.14 bits per heavy atom. The van der Waals surface area contributed by atoms with E-state index in [2.05, 4.69) is 33.4 Å². The topological polar surface area (TPSA) is 58.3 Å². The van der Waals surface area contributed by atoms with Crippen molar-refractivity contribution < 1.29 is 22.0 Å². The number of nitrogens with one attached hydrogen (secondary N) is 1. The summed E-state index contributed by atoms with van der Waals surface area (Å²) in [7, 11) is 6.59. The van der Waals surface area contributed by atoms with Crippen LogP contribution >= 0.6 is 24.8 Å². The van der Waals surface area contributed by atoms with Crippen LogP contribution in [0.3, 0.4) is 0 Å². The predicted octanol–water partition coefficient (Wildman–Crippen LogP) is -0.378. The first kappa shape index (κ1) is 28.7. The number of nitrogen functional groups attached to an aromatic ring is 1. The third kappa shape index (κ3) is 17.6. The Bertz CT molecular complexity index is 329. The van der Waals surface area contributed by atoms with E-state index >= 15 is 0 Å². The van der Waals surface area contributed by atoms with Crippen molar-refractivity contribution in [3.05, 3.63) is 24.3 Å². The average Bonchev–Trinajstić information content (AvgIpc) is 2.20. The van der Waals surface area contributed by atoms with Crippen molar-refractivity contribution in [2.24, 2.45) is 0 Å². The van der Waals surface area contributed by atoms with Gasteiger partial charge in [-0.05, 0) is 38.1 Å². The second-order valence-corrected chi connectivity index (χ2v) is 5.46. The number of nitrogens with zero attached hydrogens (tertiary/aromatic N) is 1. The summed E-state index contributed by atoms with van der Waals surface area (Å²) in [6.45, 7) is 5.21. The summed E-state index contributed by atoms with van der Waals surface area (Å²) in [4.78, 5) is 0. The molecular weight excluding hydrogens is 333 g/mol. The Kier molecular flexibility index (Phi) is 19.9. The fraction of sp³-hybridized carbons (Fsp3) is 0.571. The highest BCUT2D eigenvalue weighted by molar-refractivity contribution is 5.85. The van der Waals surface area contributed by atoms with Crippen LogP contribution in [-0.2, 0) is 0 Å². The maximum Gasteiger partial charge on any atom is 0.0982 e. The third-order valence-electron chi connectivity index (χ3n) is 2.15. The Hall–Kier alpha value is -0.390. The van der Waals surface area contributed by atoms with Crippen LogP contribution in [0, 0.1) is 0 Å². The van der Waals surface area contributed by atoms with Gasteiger partial charge in [-0.2, -0.15) is 0 Å². The maximum atomic E-state index is 7.57. The van der Waals surface area contributed by atoms with E-state index in [1.807, 2.05) is 24.3 Å². The van der Waals surface area contributed by atoms with Crippen molar-refractivity contribution >= 4 is 36.2 Å². The molecule has 0 aliphatic rings. The average molecular weight is 363 g/mol. The lowest BCUT2D eigenvalue weighted by molar-refractivity contribution is -0.870. The molecule has 0 heterocycles. The maximum absolute atomic E-state index is 7.57. The normalized spacial score (nSPS) is 10.6. The molecule has 0 fully saturated rings. The molecule has 4 N–H and O–H groups in total. The zero-order valence-corrected chi connectivity index (χ0v) is 15.9. The van der Waals surface area contributed by atoms with E-state index in [-0.39, 0.29) is 43.8 Å². The quantitative estimate of drug-likeness (QED) is 0.506. The Balaban J connectivity index is -0.000000222. The molecule has 1 atom stereocenters. The Morgan fingerprint density at radius 3 is 1.86 bits per heavy atom. The number of likely N-dealkylation sites (N-methyl/N-ethyl adjacent to an activating group) is 1. The van der Waals surface area contributed by atoms with Crippen LogP contribution in [0.2, 0.25) is 0 Å². The molecule has 128 valence electrons. The van der Waals surface area contributed by atoms with Gasteiger partial charge >= 0.3 is 0 Å². The van der Waals surface area contributed by atoms with E-state index in [4.69, 9.17) is 10.8 Å². The molecule has 21 heavy (non-hydrogen) atoms. The van der Waals surface area contributed by atoms with Gasteiger partial charge in [-0.15, -0.1) is 24.8 Å². The molecule has 0 spiro atoms. The van der Waals surface area contributed by atoms with Crippen LogP contribution in [0.25, 0.3) is 0 Å². The highest BCUT2D eigenvalue weighted by Crippen LogP contribution is 2.12. The van der Waals surface area contributed by atoms with E-state index < -0.39 is 0 Å². The first-order valence-corrected chi connectivity index (χ1v) is 6.32. The molecule has 0 aliphatic carbocycles. The molecule has 0 bridgehead atoms. The van der Waals surface area contributed by atoms with Crippen molar-refractivity contribution in [2.75, 3.05) is 45.3 Å². The van der Waals surface area contributed by atoms with Crippen LogP contribution in [0.5, 0.6) is 0 Å². The number of nitrogens with two attached hydrogens (primary N) is 1. The van der Waals surface area contributed by atoms with Crippen LogP contribution in [0.4, 0.5) is 11.4 Å². The fourth-order valence-electron chi connectivity index (χ4n) is 1.73. The zero-order valence-electron chi connectivity index (χ0n) is 13.5. The van der Waals surface area contributed by atoms with Gasteiger partial charge in [0.2, 0.25) is 0 Å². The summed E-state index contributed by atoms with van der Waals surface area (Å²) in [5.41, 5.74) is 7.56. The largest absolute Gasteiger partial charge is 1.00 e. The number of aliphatic hydroxyl groups excluding tert-OH is 1. The number of halogens is 3. The highest BCUT2D eigenvalue weighted by Gasteiger charge is 2.12. The number of aliphatic hydroxyl groups is 1. The van der Waals surface area contributed by atoms with Crippen LogP contribution in [0.15, 0.2) is 24.3 Å². The lowest BCUT2D eigenvalue weighted by Gasteiger charge is -2.28. The van der Waals surface area contributed by atoms with Gasteiger partial charge in [-0.1, -0.05) is 0 Å². The first-order valence-electron chi connectivity index (χ1n) is 6.32. The molecule has 0 amide bonds.